The molecule has 0 fully saturated rings. The van der Waals surface area contributed by atoms with E-state index in [1.165, 1.54) is 24.6 Å². The number of unbranched alkanes of at least 4 members (excludes halogenated alkanes) is 1. The molecule has 1 unspecified atom stereocenters. The molecule has 1 aliphatic heterocycles. The number of hydrogen-bond donors (Lipinski definition) is 0. The Kier molecular flexibility index (Phi) is 5.01. The SMILES string of the molecule is CCCCc1ccc(C2=NN(C(C)=O)C(c3ccc([N+](=O)[O-])o3)O2)cc1. The third-order valence-corrected chi connectivity index (χ3v) is 4.02. The lowest BCUT2D eigenvalue weighted by Crippen LogP contribution is -2.24. The Morgan fingerprint density at radius 1 is 1.27 bits per heavy atom. The van der Waals surface area contributed by atoms with Crippen molar-refractivity contribution in [2.24, 2.45) is 5.10 Å². The van der Waals surface area contributed by atoms with Crippen molar-refractivity contribution in [2.45, 2.75) is 39.3 Å². The van der Waals surface area contributed by atoms with Crippen LogP contribution in [0, 0.1) is 10.1 Å². The summed E-state index contributed by atoms with van der Waals surface area (Å²) >= 11 is 0. The quantitative estimate of drug-likeness (QED) is 0.579. The van der Waals surface area contributed by atoms with Gasteiger partial charge in [-0.1, -0.05) is 25.5 Å². The van der Waals surface area contributed by atoms with Gasteiger partial charge < -0.3 is 9.15 Å². The van der Waals surface area contributed by atoms with Crippen molar-refractivity contribution in [3.63, 3.8) is 0 Å². The molecule has 1 atom stereocenters. The predicted molar refractivity (Wildman–Crippen MR) is 93.3 cm³/mol. The van der Waals surface area contributed by atoms with Crippen LogP contribution in [0.25, 0.3) is 0 Å². The predicted octanol–water partition coefficient (Wildman–Crippen LogP) is 3.77. The molecule has 3 rings (SSSR count). The number of furan rings is 1. The average molecular weight is 357 g/mol. The summed E-state index contributed by atoms with van der Waals surface area (Å²) in [5.41, 5.74) is 1.94. The Balaban J connectivity index is 1.82. The fraction of sp³-hybridized carbons (Fsp3) is 0.333. The minimum Gasteiger partial charge on any atom is -0.442 e. The van der Waals surface area contributed by atoms with Crippen molar-refractivity contribution >= 4 is 17.7 Å². The second-order valence-corrected chi connectivity index (χ2v) is 5.97. The maximum absolute atomic E-state index is 11.9. The zero-order chi connectivity index (χ0) is 18.7. The Labute approximate surface area is 150 Å². The van der Waals surface area contributed by atoms with Crippen LogP contribution >= 0.6 is 0 Å². The highest BCUT2D eigenvalue weighted by Gasteiger charge is 2.36. The number of benzene rings is 1. The zero-order valence-electron chi connectivity index (χ0n) is 14.5. The van der Waals surface area contributed by atoms with E-state index in [0.717, 1.165) is 29.8 Å². The van der Waals surface area contributed by atoms with Gasteiger partial charge in [0.25, 0.3) is 6.23 Å². The van der Waals surface area contributed by atoms with Gasteiger partial charge in [-0.05, 0) is 36.6 Å². The van der Waals surface area contributed by atoms with Gasteiger partial charge in [-0.3, -0.25) is 14.9 Å². The van der Waals surface area contributed by atoms with E-state index in [1.54, 1.807) is 0 Å². The van der Waals surface area contributed by atoms with Crippen molar-refractivity contribution in [1.29, 1.82) is 0 Å². The summed E-state index contributed by atoms with van der Waals surface area (Å²) < 4.78 is 10.9. The van der Waals surface area contributed by atoms with Crippen molar-refractivity contribution in [3.8, 4) is 0 Å². The van der Waals surface area contributed by atoms with Crippen LogP contribution in [0.4, 0.5) is 5.88 Å². The molecule has 0 saturated carbocycles. The Morgan fingerprint density at radius 2 is 2.00 bits per heavy atom. The lowest BCUT2D eigenvalue weighted by molar-refractivity contribution is -0.402. The summed E-state index contributed by atoms with van der Waals surface area (Å²) in [6, 6.07) is 10.4. The van der Waals surface area contributed by atoms with Crippen molar-refractivity contribution in [3.05, 3.63) is 63.4 Å². The number of rotatable bonds is 6. The highest BCUT2D eigenvalue weighted by Crippen LogP contribution is 2.33. The average Bonchev–Trinajstić information content (AvgIpc) is 3.27. The summed E-state index contributed by atoms with van der Waals surface area (Å²) in [6.07, 6.45) is 2.29. The molecule has 1 aliphatic rings. The van der Waals surface area contributed by atoms with Gasteiger partial charge in [0.1, 0.15) is 4.92 Å². The zero-order valence-corrected chi connectivity index (χ0v) is 14.5. The first kappa shape index (κ1) is 17.7. The maximum Gasteiger partial charge on any atom is 0.433 e. The van der Waals surface area contributed by atoms with Crippen LogP contribution in [0.5, 0.6) is 0 Å². The molecule has 2 aromatic rings. The molecular weight excluding hydrogens is 338 g/mol. The number of aryl methyl sites for hydroxylation is 1. The van der Waals surface area contributed by atoms with E-state index >= 15 is 0 Å². The van der Waals surface area contributed by atoms with Crippen LogP contribution in [-0.4, -0.2) is 21.7 Å². The normalized spacial score (nSPS) is 16.3. The van der Waals surface area contributed by atoms with Crippen LogP contribution in [0.15, 0.2) is 45.9 Å². The maximum atomic E-state index is 11.9. The molecule has 8 nitrogen and oxygen atoms in total. The molecule has 0 aliphatic carbocycles. The van der Waals surface area contributed by atoms with E-state index in [-0.39, 0.29) is 17.6 Å². The highest BCUT2D eigenvalue weighted by molar-refractivity contribution is 5.96. The summed E-state index contributed by atoms with van der Waals surface area (Å²) in [7, 11) is 0. The van der Waals surface area contributed by atoms with Gasteiger partial charge in [-0.2, -0.15) is 5.01 Å². The van der Waals surface area contributed by atoms with E-state index in [4.69, 9.17) is 9.15 Å². The van der Waals surface area contributed by atoms with Crippen molar-refractivity contribution in [2.75, 3.05) is 0 Å². The number of carbonyl (C=O) groups excluding carboxylic acids is 1. The monoisotopic (exact) mass is 357 g/mol. The van der Waals surface area contributed by atoms with Crippen molar-refractivity contribution in [1.82, 2.24) is 5.01 Å². The third kappa shape index (κ3) is 3.58. The fourth-order valence-electron chi connectivity index (χ4n) is 2.64. The number of carbonyl (C=O) groups is 1. The van der Waals surface area contributed by atoms with Crippen LogP contribution in [0.1, 0.15) is 49.8 Å². The van der Waals surface area contributed by atoms with E-state index in [9.17, 15) is 14.9 Å². The minimum absolute atomic E-state index is 0.144. The Morgan fingerprint density at radius 3 is 2.58 bits per heavy atom. The van der Waals surface area contributed by atoms with Crippen LogP contribution in [0.3, 0.4) is 0 Å². The molecular formula is C18H19N3O5. The lowest BCUT2D eigenvalue weighted by Gasteiger charge is -2.16. The second-order valence-electron chi connectivity index (χ2n) is 5.97. The summed E-state index contributed by atoms with van der Waals surface area (Å²) in [5, 5.41) is 16.1. The Bertz CT molecular complexity index is 841. The van der Waals surface area contributed by atoms with E-state index < -0.39 is 17.0 Å². The summed E-state index contributed by atoms with van der Waals surface area (Å²) in [5.74, 6) is -0.360. The first-order chi connectivity index (χ1) is 12.5. The van der Waals surface area contributed by atoms with Gasteiger partial charge in [0.15, 0.2) is 5.76 Å². The molecule has 1 amide bonds. The van der Waals surface area contributed by atoms with Gasteiger partial charge in [0, 0.05) is 12.5 Å². The molecule has 0 N–H and O–H groups in total. The van der Waals surface area contributed by atoms with Gasteiger partial charge in [-0.15, -0.1) is 5.10 Å². The lowest BCUT2D eigenvalue weighted by atomic mass is 10.1. The molecule has 1 aromatic carbocycles. The number of hydrogen-bond acceptors (Lipinski definition) is 6. The first-order valence-electron chi connectivity index (χ1n) is 8.38. The smallest absolute Gasteiger partial charge is 0.433 e. The highest BCUT2D eigenvalue weighted by atomic mass is 16.7. The van der Waals surface area contributed by atoms with Gasteiger partial charge in [-0.25, -0.2) is 0 Å². The first-order valence-corrected chi connectivity index (χ1v) is 8.38. The standard InChI is InChI=1S/C18H19N3O5/c1-3-4-5-13-6-8-14(9-7-13)17-19-20(12(2)22)18(26-17)15-10-11-16(25-15)21(23)24/h6-11,18H,3-5H2,1-2H3. The molecule has 0 radical (unpaired) electrons. The third-order valence-electron chi connectivity index (χ3n) is 4.02. The van der Waals surface area contributed by atoms with Crippen LogP contribution < -0.4 is 0 Å². The number of hydrazone groups is 1. The molecule has 8 heteroatoms. The molecule has 2 heterocycles. The van der Waals surface area contributed by atoms with Crippen molar-refractivity contribution < 1.29 is 18.9 Å². The molecule has 0 saturated heterocycles. The summed E-state index contributed by atoms with van der Waals surface area (Å²) in [4.78, 5) is 22.0. The van der Waals surface area contributed by atoms with Crippen LogP contribution in [-0.2, 0) is 16.0 Å². The largest absolute Gasteiger partial charge is 0.442 e. The van der Waals surface area contributed by atoms with E-state index in [1.807, 2.05) is 24.3 Å². The number of ether oxygens (including phenoxy) is 1. The molecule has 136 valence electrons. The molecule has 0 spiro atoms. The topological polar surface area (TPSA) is 98.2 Å². The molecule has 0 bridgehead atoms. The second kappa shape index (κ2) is 7.38. The Hall–Kier alpha value is -3.16. The number of nitro groups is 1. The van der Waals surface area contributed by atoms with E-state index in [0.29, 0.717) is 0 Å². The van der Waals surface area contributed by atoms with Gasteiger partial charge >= 0.3 is 5.88 Å². The minimum atomic E-state index is -0.962. The van der Waals surface area contributed by atoms with Crippen LogP contribution in [0.2, 0.25) is 0 Å². The fourth-order valence-corrected chi connectivity index (χ4v) is 2.64. The van der Waals surface area contributed by atoms with Gasteiger partial charge in [0.2, 0.25) is 11.8 Å². The summed E-state index contributed by atoms with van der Waals surface area (Å²) in [6.45, 7) is 3.49. The number of nitrogens with zero attached hydrogens (tertiary/aromatic N) is 3. The molecule has 26 heavy (non-hydrogen) atoms. The molecule has 1 aromatic heterocycles. The van der Waals surface area contributed by atoms with Gasteiger partial charge in [0.05, 0.1) is 6.07 Å². The number of amides is 1. The van der Waals surface area contributed by atoms with E-state index in [2.05, 4.69) is 12.0 Å².